The van der Waals surface area contributed by atoms with Crippen molar-refractivity contribution >= 4 is 11.6 Å². The number of amides is 1. The van der Waals surface area contributed by atoms with Crippen LogP contribution in [0.5, 0.6) is 5.75 Å². The number of para-hydroxylation sites is 1. The minimum absolute atomic E-state index is 0.239. The highest BCUT2D eigenvalue weighted by Crippen LogP contribution is 2.21. The summed E-state index contributed by atoms with van der Waals surface area (Å²) in [4.78, 5) is 12.4. The van der Waals surface area contributed by atoms with E-state index in [0.29, 0.717) is 5.69 Å². The van der Waals surface area contributed by atoms with Gasteiger partial charge in [-0.05, 0) is 41.5 Å². The van der Waals surface area contributed by atoms with Crippen LogP contribution in [-0.4, -0.2) is 15.7 Å². The van der Waals surface area contributed by atoms with Gasteiger partial charge >= 0.3 is 0 Å². The van der Waals surface area contributed by atoms with E-state index in [1.807, 2.05) is 72.8 Å². The first-order valence-electron chi connectivity index (χ1n) is 8.96. The summed E-state index contributed by atoms with van der Waals surface area (Å²) in [6.45, 7) is 0.239. The predicted octanol–water partition coefficient (Wildman–Crippen LogP) is 4.84. The van der Waals surface area contributed by atoms with Gasteiger partial charge in [0, 0.05) is 11.9 Å². The molecule has 5 heteroatoms. The Morgan fingerprint density at radius 1 is 0.821 bits per heavy atom. The van der Waals surface area contributed by atoms with Gasteiger partial charge in [-0.2, -0.15) is 5.10 Å². The molecule has 1 N–H and O–H groups in total. The lowest BCUT2D eigenvalue weighted by Crippen LogP contribution is -2.14. The number of aromatic nitrogens is 2. The molecule has 0 aliphatic rings. The second kappa shape index (κ2) is 8.22. The molecule has 138 valence electrons. The van der Waals surface area contributed by atoms with E-state index < -0.39 is 0 Å². The van der Waals surface area contributed by atoms with E-state index in [-0.39, 0.29) is 12.6 Å². The van der Waals surface area contributed by atoms with E-state index in [1.54, 1.807) is 16.9 Å². The van der Waals surface area contributed by atoms with Gasteiger partial charge in [0.2, 0.25) is 0 Å². The molecular weight excluding hydrogens is 350 g/mol. The van der Waals surface area contributed by atoms with Crippen LogP contribution in [0.4, 0.5) is 5.69 Å². The number of benzene rings is 3. The molecule has 0 saturated carbocycles. The quantitative estimate of drug-likeness (QED) is 0.529. The Morgan fingerprint density at radius 2 is 1.46 bits per heavy atom. The van der Waals surface area contributed by atoms with E-state index in [1.165, 1.54) is 0 Å². The molecule has 0 aliphatic heterocycles. The molecule has 1 heterocycles. The van der Waals surface area contributed by atoms with Crippen LogP contribution in [0.2, 0.25) is 0 Å². The molecule has 0 saturated heterocycles. The van der Waals surface area contributed by atoms with Crippen molar-refractivity contribution in [2.24, 2.45) is 0 Å². The largest absolute Gasteiger partial charge is 0.471 e. The van der Waals surface area contributed by atoms with Gasteiger partial charge in [0.15, 0.2) is 12.4 Å². The molecule has 28 heavy (non-hydrogen) atoms. The summed E-state index contributed by atoms with van der Waals surface area (Å²) in [5, 5.41) is 7.13. The lowest BCUT2D eigenvalue weighted by molar-refractivity contribution is 0.102. The summed E-state index contributed by atoms with van der Waals surface area (Å²) in [6, 6.07) is 29.0. The second-order valence-corrected chi connectivity index (χ2v) is 6.22. The fourth-order valence-electron chi connectivity index (χ4n) is 2.78. The molecule has 1 aromatic heterocycles. The zero-order valence-corrected chi connectivity index (χ0v) is 15.2. The zero-order valence-electron chi connectivity index (χ0n) is 15.2. The molecule has 3 aromatic carbocycles. The van der Waals surface area contributed by atoms with E-state index in [2.05, 4.69) is 22.5 Å². The van der Waals surface area contributed by atoms with Crippen molar-refractivity contribution in [1.82, 2.24) is 9.78 Å². The van der Waals surface area contributed by atoms with E-state index in [9.17, 15) is 4.79 Å². The van der Waals surface area contributed by atoms with Crippen molar-refractivity contribution in [3.8, 4) is 16.9 Å². The SMILES string of the molecule is O=C(Nc1ccc(-c2ccccc2)cc1)c1ccn(COc2ccccc2)n1. The first kappa shape index (κ1) is 17.5. The maximum Gasteiger partial charge on any atom is 0.276 e. The maximum atomic E-state index is 12.4. The molecule has 1 amide bonds. The maximum absolute atomic E-state index is 12.4. The van der Waals surface area contributed by atoms with Crippen molar-refractivity contribution in [3.05, 3.63) is 103 Å². The number of anilines is 1. The Kier molecular flexibility index (Phi) is 5.15. The number of carbonyl (C=O) groups is 1. The number of hydrogen-bond acceptors (Lipinski definition) is 3. The number of nitrogens with zero attached hydrogens (tertiary/aromatic N) is 2. The van der Waals surface area contributed by atoms with Crippen molar-refractivity contribution in [2.45, 2.75) is 6.73 Å². The van der Waals surface area contributed by atoms with Crippen molar-refractivity contribution in [2.75, 3.05) is 5.32 Å². The van der Waals surface area contributed by atoms with Crippen LogP contribution in [0.3, 0.4) is 0 Å². The van der Waals surface area contributed by atoms with Gasteiger partial charge in [0.1, 0.15) is 5.75 Å². The molecule has 5 nitrogen and oxygen atoms in total. The predicted molar refractivity (Wildman–Crippen MR) is 109 cm³/mol. The zero-order chi connectivity index (χ0) is 19.2. The Bertz CT molecular complexity index is 1040. The van der Waals surface area contributed by atoms with Gasteiger partial charge < -0.3 is 10.1 Å². The van der Waals surface area contributed by atoms with Gasteiger partial charge in [-0.15, -0.1) is 0 Å². The normalized spacial score (nSPS) is 10.4. The summed E-state index contributed by atoms with van der Waals surface area (Å²) in [5.41, 5.74) is 3.29. The molecular formula is C23H19N3O2. The topological polar surface area (TPSA) is 56.2 Å². The number of rotatable bonds is 6. The van der Waals surface area contributed by atoms with Gasteiger partial charge in [0.05, 0.1) is 0 Å². The van der Waals surface area contributed by atoms with Gasteiger partial charge in [-0.3, -0.25) is 4.79 Å². The summed E-state index contributed by atoms with van der Waals surface area (Å²) >= 11 is 0. The fourth-order valence-corrected chi connectivity index (χ4v) is 2.78. The van der Waals surface area contributed by atoms with Crippen LogP contribution in [0.1, 0.15) is 10.5 Å². The molecule has 4 aromatic rings. The average molecular weight is 369 g/mol. The highest BCUT2D eigenvalue weighted by atomic mass is 16.5. The first-order valence-corrected chi connectivity index (χ1v) is 8.96. The van der Waals surface area contributed by atoms with Gasteiger partial charge in [-0.25, -0.2) is 4.68 Å². The Hall–Kier alpha value is -3.86. The third kappa shape index (κ3) is 4.27. The van der Waals surface area contributed by atoms with Crippen molar-refractivity contribution < 1.29 is 9.53 Å². The van der Waals surface area contributed by atoms with E-state index in [4.69, 9.17) is 4.74 Å². The molecule has 0 spiro atoms. The Balaban J connectivity index is 1.37. The molecule has 0 fully saturated rings. The number of nitrogens with one attached hydrogen (secondary N) is 1. The number of carbonyl (C=O) groups excluding carboxylic acids is 1. The first-order chi connectivity index (χ1) is 13.8. The van der Waals surface area contributed by atoms with Crippen LogP contribution in [0, 0.1) is 0 Å². The lowest BCUT2D eigenvalue weighted by atomic mass is 10.1. The molecule has 0 atom stereocenters. The molecule has 0 radical (unpaired) electrons. The summed E-state index contributed by atoms with van der Waals surface area (Å²) < 4.78 is 7.21. The van der Waals surface area contributed by atoms with Crippen LogP contribution < -0.4 is 10.1 Å². The Labute approximate surface area is 163 Å². The van der Waals surface area contributed by atoms with Crippen LogP contribution >= 0.6 is 0 Å². The van der Waals surface area contributed by atoms with Crippen LogP contribution in [0.25, 0.3) is 11.1 Å². The molecule has 0 aliphatic carbocycles. The third-order valence-electron chi connectivity index (χ3n) is 4.23. The lowest BCUT2D eigenvalue weighted by Gasteiger charge is -2.06. The molecule has 4 rings (SSSR count). The highest BCUT2D eigenvalue weighted by Gasteiger charge is 2.10. The van der Waals surface area contributed by atoms with Gasteiger partial charge in [0.25, 0.3) is 5.91 Å². The third-order valence-corrected chi connectivity index (χ3v) is 4.23. The fraction of sp³-hybridized carbons (Fsp3) is 0.0435. The van der Waals surface area contributed by atoms with E-state index in [0.717, 1.165) is 22.6 Å². The van der Waals surface area contributed by atoms with Crippen LogP contribution in [0.15, 0.2) is 97.2 Å². The van der Waals surface area contributed by atoms with Gasteiger partial charge in [-0.1, -0.05) is 60.7 Å². The smallest absolute Gasteiger partial charge is 0.276 e. The number of hydrogen-bond donors (Lipinski definition) is 1. The number of ether oxygens (including phenoxy) is 1. The summed E-state index contributed by atoms with van der Waals surface area (Å²) in [5.74, 6) is 0.494. The summed E-state index contributed by atoms with van der Waals surface area (Å²) in [7, 11) is 0. The van der Waals surface area contributed by atoms with Crippen molar-refractivity contribution in [3.63, 3.8) is 0 Å². The average Bonchev–Trinajstić information content (AvgIpc) is 3.24. The monoisotopic (exact) mass is 369 g/mol. The van der Waals surface area contributed by atoms with Crippen molar-refractivity contribution in [1.29, 1.82) is 0 Å². The van der Waals surface area contributed by atoms with E-state index >= 15 is 0 Å². The minimum atomic E-state index is -0.258. The second-order valence-electron chi connectivity index (χ2n) is 6.22. The highest BCUT2D eigenvalue weighted by molar-refractivity contribution is 6.02. The molecule has 0 bridgehead atoms. The minimum Gasteiger partial charge on any atom is -0.471 e. The van der Waals surface area contributed by atoms with Crippen LogP contribution in [-0.2, 0) is 6.73 Å². The summed E-state index contributed by atoms with van der Waals surface area (Å²) in [6.07, 6.45) is 1.72. The standard InChI is InChI=1S/C23H19N3O2/c27-23(22-15-16-26(25-22)17-28-21-9-5-2-6-10-21)24-20-13-11-19(12-14-20)18-7-3-1-4-8-18/h1-16H,17H2,(H,24,27). The molecule has 0 unspecified atom stereocenters. The Morgan fingerprint density at radius 3 is 2.18 bits per heavy atom.